The molecular weight excluding hydrogens is 230 g/mol. The van der Waals surface area contributed by atoms with Crippen molar-refractivity contribution in [1.82, 2.24) is 10.6 Å². The van der Waals surface area contributed by atoms with Gasteiger partial charge in [0.05, 0.1) is 6.54 Å². The number of thiophene rings is 1. The number of aliphatic imine (C=N–C) groups is 1. The van der Waals surface area contributed by atoms with Crippen LogP contribution in [-0.2, 0) is 6.54 Å². The van der Waals surface area contributed by atoms with Crippen LogP contribution >= 0.6 is 11.3 Å². The maximum absolute atomic E-state index is 4.40. The van der Waals surface area contributed by atoms with Gasteiger partial charge in [0, 0.05) is 22.7 Å². The van der Waals surface area contributed by atoms with Crippen LogP contribution in [-0.4, -0.2) is 19.0 Å². The van der Waals surface area contributed by atoms with E-state index in [0.717, 1.165) is 32.0 Å². The van der Waals surface area contributed by atoms with E-state index >= 15 is 0 Å². The molecule has 0 saturated heterocycles. The van der Waals surface area contributed by atoms with E-state index in [-0.39, 0.29) is 0 Å². The normalized spacial score (nSPS) is 15.4. The molecule has 0 unspecified atom stereocenters. The second-order valence-corrected chi connectivity index (χ2v) is 5.28. The molecule has 0 atom stereocenters. The third-order valence-corrected chi connectivity index (χ3v) is 3.92. The molecule has 3 rings (SSSR count). The second kappa shape index (κ2) is 4.75. The molecule has 0 fully saturated rings. The molecule has 88 valence electrons. The largest absolute Gasteiger partial charge is 0.356 e. The fourth-order valence-corrected chi connectivity index (χ4v) is 2.95. The van der Waals surface area contributed by atoms with Crippen LogP contribution in [0.15, 0.2) is 35.3 Å². The Balaban J connectivity index is 1.70. The molecule has 2 heterocycles. The molecule has 0 saturated carbocycles. The molecule has 4 heteroatoms. The standard InChI is InChI=1S/C13H15N3S/c1-2-5-12-10(4-1)8-11(17-12)9-16-13-14-6-3-7-15-13/h1-2,4-5,8H,3,6-7,9H2,(H2,14,15,16). The number of nitrogens with one attached hydrogen (secondary N) is 2. The second-order valence-electron chi connectivity index (χ2n) is 4.11. The van der Waals surface area contributed by atoms with Gasteiger partial charge in [-0.25, -0.2) is 0 Å². The van der Waals surface area contributed by atoms with Gasteiger partial charge in [-0.05, 0) is 23.9 Å². The minimum Gasteiger partial charge on any atom is -0.356 e. The summed E-state index contributed by atoms with van der Waals surface area (Å²) in [6, 6.07) is 10.7. The molecule has 1 aliphatic rings. The number of hydrogen-bond acceptors (Lipinski definition) is 4. The highest BCUT2D eigenvalue weighted by atomic mass is 32.1. The van der Waals surface area contributed by atoms with Gasteiger partial charge < -0.3 is 10.6 Å². The highest BCUT2D eigenvalue weighted by molar-refractivity contribution is 7.19. The summed E-state index contributed by atoms with van der Waals surface area (Å²) in [6.45, 7) is 2.81. The van der Waals surface area contributed by atoms with Crippen molar-refractivity contribution in [1.29, 1.82) is 0 Å². The maximum atomic E-state index is 4.40. The zero-order chi connectivity index (χ0) is 11.5. The molecule has 0 bridgehead atoms. The number of benzene rings is 1. The van der Waals surface area contributed by atoms with Crippen LogP contribution in [0.2, 0.25) is 0 Å². The quantitative estimate of drug-likeness (QED) is 0.852. The van der Waals surface area contributed by atoms with Gasteiger partial charge in [0.15, 0.2) is 5.96 Å². The van der Waals surface area contributed by atoms with E-state index in [4.69, 9.17) is 0 Å². The van der Waals surface area contributed by atoms with Crippen LogP contribution < -0.4 is 10.6 Å². The van der Waals surface area contributed by atoms with Gasteiger partial charge >= 0.3 is 0 Å². The van der Waals surface area contributed by atoms with Gasteiger partial charge in [0.2, 0.25) is 0 Å². The van der Waals surface area contributed by atoms with E-state index in [9.17, 15) is 0 Å². The lowest BCUT2D eigenvalue weighted by Gasteiger charge is -2.15. The molecule has 1 aromatic heterocycles. The Morgan fingerprint density at radius 2 is 2.29 bits per heavy atom. The van der Waals surface area contributed by atoms with Crippen LogP contribution in [0, 0.1) is 0 Å². The summed E-state index contributed by atoms with van der Waals surface area (Å²) in [6.07, 6.45) is 1.13. The van der Waals surface area contributed by atoms with Crippen LogP contribution in [0.25, 0.3) is 10.1 Å². The Bertz CT molecular complexity index is 511. The molecule has 1 aliphatic heterocycles. The van der Waals surface area contributed by atoms with Crippen molar-refractivity contribution in [2.24, 2.45) is 4.99 Å². The van der Waals surface area contributed by atoms with Crippen LogP contribution in [0.4, 0.5) is 0 Å². The van der Waals surface area contributed by atoms with Crippen molar-refractivity contribution in [2.45, 2.75) is 13.0 Å². The van der Waals surface area contributed by atoms with Gasteiger partial charge in [-0.15, -0.1) is 11.3 Å². The van der Waals surface area contributed by atoms with Gasteiger partial charge in [-0.1, -0.05) is 18.2 Å². The zero-order valence-corrected chi connectivity index (χ0v) is 10.4. The van der Waals surface area contributed by atoms with E-state index < -0.39 is 0 Å². The number of rotatable bonds is 2. The molecule has 0 amide bonds. The number of nitrogens with zero attached hydrogens (tertiary/aromatic N) is 1. The highest BCUT2D eigenvalue weighted by Gasteiger charge is 2.05. The molecule has 17 heavy (non-hydrogen) atoms. The SMILES string of the molecule is c1ccc2sc(CNC3=NCCCN3)cc2c1. The third kappa shape index (κ3) is 2.42. The Labute approximate surface area is 105 Å². The van der Waals surface area contributed by atoms with Gasteiger partial charge in [-0.3, -0.25) is 4.99 Å². The summed E-state index contributed by atoms with van der Waals surface area (Å²) >= 11 is 1.84. The Hall–Kier alpha value is -1.55. The van der Waals surface area contributed by atoms with Crippen molar-refractivity contribution in [3.8, 4) is 0 Å². The molecular formula is C13H15N3S. The highest BCUT2D eigenvalue weighted by Crippen LogP contribution is 2.24. The summed E-state index contributed by atoms with van der Waals surface area (Å²) in [5.74, 6) is 0.939. The first-order valence-electron chi connectivity index (χ1n) is 5.91. The maximum Gasteiger partial charge on any atom is 0.191 e. The summed E-state index contributed by atoms with van der Waals surface area (Å²) in [4.78, 5) is 5.75. The fraction of sp³-hybridized carbons (Fsp3) is 0.308. The van der Waals surface area contributed by atoms with Crippen molar-refractivity contribution in [3.63, 3.8) is 0 Å². The first-order chi connectivity index (χ1) is 8.42. The number of fused-ring (bicyclic) bond motifs is 1. The van der Waals surface area contributed by atoms with Crippen LogP contribution in [0.1, 0.15) is 11.3 Å². The summed E-state index contributed by atoms with van der Waals surface area (Å²) in [5.41, 5.74) is 0. The summed E-state index contributed by atoms with van der Waals surface area (Å²) in [5, 5.41) is 7.94. The average molecular weight is 245 g/mol. The van der Waals surface area contributed by atoms with E-state index in [1.165, 1.54) is 15.0 Å². The predicted octanol–water partition coefficient (Wildman–Crippen LogP) is 2.34. The molecule has 2 aromatic rings. The third-order valence-electron chi connectivity index (χ3n) is 2.80. The first-order valence-corrected chi connectivity index (χ1v) is 6.73. The van der Waals surface area contributed by atoms with E-state index in [1.807, 2.05) is 11.3 Å². The van der Waals surface area contributed by atoms with Crippen LogP contribution in [0.5, 0.6) is 0 Å². The Morgan fingerprint density at radius 3 is 3.12 bits per heavy atom. The predicted molar refractivity (Wildman–Crippen MR) is 73.6 cm³/mol. The van der Waals surface area contributed by atoms with Crippen molar-refractivity contribution >= 4 is 27.4 Å². The van der Waals surface area contributed by atoms with Gasteiger partial charge in [0.1, 0.15) is 0 Å². The fourth-order valence-electron chi connectivity index (χ4n) is 1.95. The topological polar surface area (TPSA) is 36.4 Å². The van der Waals surface area contributed by atoms with E-state index in [0.29, 0.717) is 0 Å². The lowest BCUT2D eigenvalue weighted by atomic mass is 10.2. The van der Waals surface area contributed by atoms with E-state index in [1.54, 1.807) is 0 Å². The van der Waals surface area contributed by atoms with Gasteiger partial charge in [-0.2, -0.15) is 0 Å². The van der Waals surface area contributed by atoms with E-state index in [2.05, 4.69) is 46.0 Å². The first kappa shape index (κ1) is 10.6. The molecule has 3 nitrogen and oxygen atoms in total. The van der Waals surface area contributed by atoms with Crippen molar-refractivity contribution < 1.29 is 0 Å². The number of hydrogen-bond donors (Lipinski definition) is 2. The zero-order valence-electron chi connectivity index (χ0n) is 9.57. The van der Waals surface area contributed by atoms with Crippen molar-refractivity contribution in [3.05, 3.63) is 35.2 Å². The smallest absolute Gasteiger partial charge is 0.191 e. The summed E-state index contributed by atoms with van der Waals surface area (Å²) in [7, 11) is 0. The Kier molecular flexibility index (Phi) is 2.96. The molecule has 2 N–H and O–H groups in total. The van der Waals surface area contributed by atoms with Gasteiger partial charge in [0.25, 0.3) is 0 Å². The summed E-state index contributed by atoms with van der Waals surface area (Å²) < 4.78 is 1.35. The lowest BCUT2D eigenvalue weighted by Crippen LogP contribution is -2.40. The number of guanidine groups is 1. The molecule has 0 radical (unpaired) electrons. The molecule has 0 spiro atoms. The Morgan fingerprint density at radius 1 is 1.35 bits per heavy atom. The average Bonchev–Trinajstić information content (AvgIpc) is 2.80. The monoisotopic (exact) mass is 245 g/mol. The minimum atomic E-state index is 0.852. The minimum absolute atomic E-state index is 0.852. The van der Waals surface area contributed by atoms with Crippen molar-refractivity contribution in [2.75, 3.05) is 13.1 Å². The lowest BCUT2D eigenvalue weighted by molar-refractivity contribution is 0.704. The molecule has 1 aromatic carbocycles. The van der Waals surface area contributed by atoms with Crippen LogP contribution in [0.3, 0.4) is 0 Å². The molecule has 0 aliphatic carbocycles.